The van der Waals surface area contributed by atoms with Crippen molar-refractivity contribution in [3.05, 3.63) is 42.3 Å². The molecule has 0 saturated carbocycles. The smallest absolute Gasteiger partial charge is 0.213 e. The lowest BCUT2D eigenvalue weighted by Gasteiger charge is -2.11. The van der Waals surface area contributed by atoms with Gasteiger partial charge in [-0.25, -0.2) is 0 Å². The summed E-state index contributed by atoms with van der Waals surface area (Å²) in [6.07, 6.45) is 4.89. The standard InChI is InChI=1S/C10H12N4O/c1-8(9-2-4-11-5-3-9)12-6-10-13-7-15-14-10/h2-5,7-8,12H,6H2,1H3. The highest BCUT2D eigenvalue weighted by Crippen LogP contribution is 2.10. The first kappa shape index (κ1) is 9.79. The van der Waals surface area contributed by atoms with Gasteiger partial charge in [0.15, 0.2) is 5.82 Å². The van der Waals surface area contributed by atoms with Crippen LogP contribution in [0, 0.1) is 0 Å². The summed E-state index contributed by atoms with van der Waals surface area (Å²) in [5.74, 6) is 0.663. The minimum atomic E-state index is 0.242. The molecule has 2 aromatic heterocycles. The largest absolute Gasteiger partial charge is 0.343 e. The maximum Gasteiger partial charge on any atom is 0.213 e. The fourth-order valence-electron chi connectivity index (χ4n) is 1.28. The van der Waals surface area contributed by atoms with Crippen molar-refractivity contribution in [3.8, 4) is 0 Å². The Labute approximate surface area is 87.5 Å². The number of pyridine rings is 1. The van der Waals surface area contributed by atoms with E-state index in [1.54, 1.807) is 12.4 Å². The molecule has 0 saturated heterocycles. The fraction of sp³-hybridized carbons (Fsp3) is 0.300. The van der Waals surface area contributed by atoms with Gasteiger partial charge in [0, 0.05) is 18.4 Å². The molecule has 0 amide bonds. The normalized spacial score (nSPS) is 12.6. The molecule has 0 aromatic carbocycles. The first-order valence-corrected chi connectivity index (χ1v) is 4.75. The predicted octanol–water partition coefficient (Wildman–Crippen LogP) is 1.32. The number of hydrogen-bond donors (Lipinski definition) is 1. The highest BCUT2D eigenvalue weighted by molar-refractivity contribution is 5.13. The van der Waals surface area contributed by atoms with Gasteiger partial charge in [-0.3, -0.25) is 4.98 Å². The van der Waals surface area contributed by atoms with E-state index in [1.807, 2.05) is 12.1 Å². The summed E-state index contributed by atoms with van der Waals surface area (Å²) >= 11 is 0. The lowest BCUT2D eigenvalue weighted by atomic mass is 10.1. The number of hydrogen-bond acceptors (Lipinski definition) is 5. The van der Waals surface area contributed by atoms with Gasteiger partial charge in [-0.2, -0.15) is 4.98 Å². The van der Waals surface area contributed by atoms with Crippen LogP contribution in [0.5, 0.6) is 0 Å². The summed E-state index contributed by atoms with van der Waals surface area (Å²) < 4.78 is 4.64. The quantitative estimate of drug-likeness (QED) is 0.813. The van der Waals surface area contributed by atoms with Crippen LogP contribution in [0.1, 0.15) is 24.4 Å². The zero-order valence-electron chi connectivity index (χ0n) is 8.42. The Morgan fingerprint density at radius 2 is 2.20 bits per heavy atom. The van der Waals surface area contributed by atoms with Gasteiger partial charge in [0.2, 0.25) is 6.39 Å². The summed E-state index contributed by atoms with van der Waals surface area (Å²) in [6, 6.07) is 4.20. The van der Waals surface area contributed by atoms with Crippen LogP contribution >= 0.6 is 0 Å². The molecule has 2 rings (SSSR count). The van der Waals surface area contributed by atoms with Crippen LogP contribution in [0.15, 0.2) is 35.4 Å². The first-order chi connectivity index (χ1) is 7.36. The molecule has 0 spiro atoms. The van der Waals surface area contributed by atoms with Crippen molar-refractivity contribution in [2.24, 2.45) is 0 Å². The third kappa shape index (κ3) is 2.60. The maximum atomic E-state index is 4.64. The summed E-state index contributed by atoms with van der Waals surface area (Å²) in [7, 11) is 0. The summed E-state index contributed by atoms with van der Waals surface area (Å²) in [4.78, 5) is 7.90. The van der Waals surface area contributed by atoms with Crippen molar-refractivity contribution in [3.63, 3.8) is 0 Å². The van der Waals surface area contributed by atoms with Crippen LogP contribution in [0.25, 0.3) is 0 Å². The fourth-order valence-corrected chi connectivity index (χ4v) is 1.28. The highest BCUT2D eigenvalue weighted by atomic mass is 16.5. The molecule has 0 radical (unpaired) electrons. The van der Waals surface area contributed by atoms with Crippen molar-refractivity contribution < 1.29 is 4.52 Å². The Hall–Kier alpha value is -1.75. The zero-order valence-corrected chi connectivity index (χ0v) is 8.42. The molecule has 1 atom stereocenters. The van der Waals surface area contributed by atoms with Crippen molar-refractivity contribution in [1.29, 1.82) is 0 Å². The Balaban J connectivity index is 1.90. The second-order valence-corrected chi connectivity index (χ2v) is 3.23. The molecular weight excluding hydrogens is 192 g/mol. The molecule has 78 valence electrons. The van der Waals surface area contributed by atoms with Crippen molar-refractivity contribution in [1.82, 2.24) is 20.4 Å². The number of nitrogens with zero attached hydrogens (tertiary/aromatic N) is 3. The molecule has 15 heavy (non-hydrogen) atoms. The molecule has 5 heteroatoms. The molecule has 1 unspecified atom stereocenters. The summed E-state index contributed by atoms with van der Waals surface area (Å²) in [5.41, 5.74) is 1.19. The SMILES string of the molecule is CC(NCc1ncon1)c1ccncc1. The molecule has 0 fully saturated rings. The second kappa shape index (κ2) is 4.65. The molecule has 0 aliphatic rings. The van der Waals surface area contributed by atoms with Crippen LogP contribution in [-0.2, 0) is 6.54 Å². The van der Waals surface area contributed by atoms with E-state index in [0.29, 0.717) is 12.4 Å². The topological polar surface area (TPSA) is 63.8 Å². The monoisotopic (exact) mass is 204 g/mol. The minimum Gasteiger partial charge on any atom is -0.343 e. The van der Waals surface area contributed by atoms with E-state index < -0.39 is 0 Å². The van der Waals surface area contributed by atoms with E-state index in [0.717, 1.165) is 0 Å². The van der Waals surface area contributed by atoms with Crippen LogP contribution in [-0.4, -0.2) is 15.1 Å². The Bertz CT molecular complexity index is 387. The average Bonchev–Trinajstić information content (AvgIpc) is 2.80. The lowest BCUT2D eigenvalue weighted by molar-refractivity contribution is 0.405. The lowest BCUT2D eigenvalue weighted by Crippen LogP contribution is -2.18. The van der Waals surface area contributed by atoms with Gasteiger partial charge in [0.05, 0.1) is 6.54 Å². The van der Waals surface area contributed by atoms with Crippen molar-refractivity contribution in [2.75, 3.05) is 0 Å². The predicted molar refractivity (Wildman–Crippen MR) is 53.8 cm³/mol. The van der Waals surface area contributed by atoms with E-state index in [9.17, 15) is 0 Å². The Morgan fingerprint density at radius 1 is 1.40 bits per heavy atom. The van der Waals surface area contributed by atoms with E-state index in [-0.39, 0.29) is 6.04 Å². The highest BCUT2D eigenvalue weighted by Gasteiger charge is 2.05. The Kier molecular flexibility index (Phi) is 3.04. The maximum absolute atomic E-state index is 4.64. The molecule has 0 aliphatic carbocycles. The van der Waals surface area contributed by atoms with Crippen LogP contribution in [0.2, 0.25) is 0 Å². The van der Waals surface area contributed by atoms with E-state index >= 15 is 0 Å². The molecular formula is C10H12N4O. The second-order valence-electron chi connectivity index (χ2n) is 3.23. The molecule has 2 aromatic rings. The number of rotatable bonds is 4. The van der Waals surface area contributed by atoms with Crippen LogP contribution < -0.4 is 5.32 Å². The van der Waals surface area contributed by atoms with Gasteiger partial charge in [0.1, 0.15) is 0 Å². The molecule has 0 bridgehead atoms. The molecule has 2 heterocycles. The van der Waals surface area contributed by atoms with Gasteiger partial charge in [0.25, 0.3) is 0 Å². The van der Waals surface area contributed by atoms with Crippen molar-refractivity contribution in [2.45, 2.75) is 19.5 Å². The van der Waals surface area contributed by atoms with Gasteiger partial charge in [-0.1, -0.05) is 5.16 Å². The summed E-state index contributed by atoms with van der Waals surface area (Å²) in [5, 5.41) is 7.01. The van der Waals surface area contributed by atoms with Gasteiger partial charge in [-0.05, 0) is 24.6 Å². The van der Waals surface area contributed by atoms with Crippen molar-refractivity contribution >= 4 is 0 Å². The average molecular weight is 204 g/mol. The van der Waals surface area contributed by atoms with Gasteiger partial charge >= 0.3 is 0 Å². The van der Waals surface area contributed by atoms with Crippen LogP contribution in [0.3, 0.4) is 0 Å². The molecule has 0 aliphatic heterocycles. The number of nitrogens with one attached hydrogen (secondary N) is 1. The number of aromatic nitrogens is 3. The van der Waals surface area contributed by atoms with E-state index in [1.165, 1.54) is 12.0 Å². The van der Waals surface area contributed by atoms with E-state index in [4.69, 9.17) is 0 Å². The minimum absolute atomic E-state index is 0.242. The first-order valence-electron chi connectivity index (χ1n) is 4.75. The van der Waals surface area contributed by atoms with E-state index in [2.05, 4.69) is 31.9 Å². The summed E-state index contributed by atoms with van der Waals surface area (Å²) in [6.45, 7) is 2.68. The molecule has 1 N–H and O–H groups in total. The van der Waals surface area contributed by atoms with Gasteiger partial charge < -0.3 is 9.84 Å². The zero-order chi connectivity index (χ0) is 10.5. The Morgan fingerprint density at radius 3 is 2.87 bits per heavy atom. The molecule has 5 nitrogen and oxygen atoms in total. The van der Waals surface area contributed by atoms with Gasteiger partial charge in [-0.15, -0.1) is 0 Å². The third-order valence-electron chi connectivity index (χ3n) is 2.18. The third-order valence-corrected chi connectivity index (χ3v) is 2.18. The van der Waals surface area contributed by atoms with Crippen LogP contribution in [0.4, 0.5) is 0 Å².